The number of nitrogens with two attached hydrogens (primary N) is 1. The van der Waals surface area contributed by atoms with Gasteiger partial charge in [0.2, 0.25) is 0 Å². The fraction of sp³-hybridized carbons (Fsp3) is 0.375. The first-order valence-corrected chi connectivity index (χ1v) is 4.96. The van der Waals surface area contributed by atoms with Gasteiger partial charge in [0, 0.05) is 15.7 Å². The number of anilines is 1. The summed E-state index contributed by atoms with van der Waals surface area (Å²) in [4.78, 5) is 4.18. The Kier molecular flexibility index (Phi) is 2.70. The predicted octanol–water partition coefficient (Wildman–Crippen LogP) is 2.22. The molecular formula is C8H11IN2. The number of rotatable bonds is 1. The molecule has 0 radical (unpaired) electrons. The first kappa shape index (κ1) is 8.77. The van der Waals surface area contributed by atoms with E-state index >= 15 is 0 Å². The molecule has 11 heavy (non-hydrogen) atoms. The molecule has 2 N–H and O–H groups in total. The van der Waals surface area contributed by atoms with Crippen molar-refractivity contribution in [3.63, 3.8) is 0 Å². The third-order valence-corrected chi connectivity index (χ3v) is 2.40. The average Bonchev–Trinajstić information content (AvgIpc) is 1.85. The van der Waals surface area contributed by atoms with Gasteiger partial charge in [-0.05, 0) is 25.5 Å². The molecule has 60 valence electrons. The van der Waals surface area contributed by atoms with E-state index in [0.29, 0.717) is 5.82 Å². The van der Waals surface area contributed by atoms with E-state index in [1.54, 1.807) is 0 Å². The average molecular weight is 262 g/mol. The van der Waals surface area contributed by atoms with Crippen molar-refractivity contribution in [2.45, 2.75) is 18.3 Å². The molecule has 0 fully saturated rings. The molecule has 1 aromatic rings. The van der Waals surface area contributed by atoms with Gasteiger partial charge in [0.15, 0.2) is 0 Å². The Morgan fingerprint density at radius 2 is 2.18 bits per heavy atom. The highest BCUT2D eigenvalue weighted by molar-refractivity contribution is 14.1. The maximum Gasteiger partial charge on any atom is 0.127 e. The maximum absolute atomic E-state index is 5.72. The number of aromatic nitrogens is 1. The number of halogens is 1. The number of nitrogen functional groups attached to an aromatic ring is 1. The summed E-state index contributed by atoms with van der Waals surface area (Å²) in [7, 11) is 0. The molecule has 0 saturated carbocycles. The molecule has 1 aromatic heterocycles. The Balaban J connectivity index is 3.25. The molecule has 0 aliphatic carbocycles. The van der Waals surface area contributed by atoms with Gasteiger partial charge in [-0.2, -0.15) is 0 Å². The highest BCUT2D eigenvalue weighted by atomic mass is 127. The minimum absolute atomic E-state index is 0.678. The highest BCUT2D eigenvalue weighted by Gasteiger charge is 2.02. The van der Waals surface area contributed by atoms with Gasteiger partial charge in [0.05, 0.1) is 0 Å². The van der Waals surface area contributed by atoms with E-state index in [1.807, 2.05) is 6.92 Å². The van der Waals surface area contributed by atoms with E-state index in [-0.39, 0.29) is 0 Å². The van der Waals surface area contributed by atoms with E-state index in [4.69, 9.17) is 5.73 Å². The Morgan fingerprint density at radius 1 is 1.55 bits per heavy atom. The summed E-state index contributed by atoms with van der Waals surface area (Å²) in [5, 5.41) is 0. The SMILES string of the molecule is Cc1cc(C)c(CI)c(N)n1. The van der Waals surface area contributed by atoms with Crippen molar-refractivity contribution in [3.8, 4) is 0 Å². The van der Waals surface area contributed by atoms with Crippen LogP contribution in [0.2, 0.25) is 0 Å². The van der Waals surface area contributed by atoms with E-state index in [1.165, 1.54) is 5.56 Å². The maximum atomic E-state index is 5.72. The minimum Gasteiger partial charge on any atom is -0.383 e. The zero-order chi connectivity index (χ0) is 8.43. The van der Waals surface area contributed by atoms with Gasteiger partial charge in [0.1, 0.15) is 5.82 Å². The molecular weight excluding hydrogens is 251 g/mol. The van der Waals surface area contributed by atoms with Crippen LogP contribution in [0.4, 0.5) is 5.82 Å². The summed E-state index contributed by atoms with van der Waals surface area (Å²) >= 11 is 2.30. The van der Waals surface area contributed by atoms with Crippen LogP contribution in [0, 0.1) is 13.8 Å². The zero-order valence-electron chi connectivity index (χ0n) is 6.69. The van der Waals surface area contributed by atoms with Crippen LogP contribution in [-0.2, 0) is 4.43 Å². The quantitative estimate of drug-likeness (QED) is 0.622. The third-order valence-electron chi connectivity index (χ3n) is 1.64. The number of hydrogen-bond acceptors (Lipinski definition) is 2. The van der Waals surface area contributed by atoms with E-state index in [9.17, 15) is 0 Å². The van der Waals surface area contributed by atoms with Crippen LogP contribution in [0.3, 0.4) is 0 Å². The summed E-state index contributed by atoms with van der Waals surface area (Å²) in [6, 6.07) is 2.06. The molecule has 0 aliphatic rings. The van der Waals surface area contributed by atoms with Crippen molar-refractivity contribution in [1.29, 1.82) is 0 Å². The molecule has 0 spiro atoms. The van der Waals surface area contributed by atoms with Gasteiger partial charge in [-0.1, -0.05) is 22.6 Å². The molecule has 0 aliphatic heterocycles. The highest BCUT2D eigenvalue weighted by Crippen LogP contribution is 2.18. The van der Waals surface area contributed by atoms with Crippen molar-refractivity contribution >= 4 is 28.4 Å². The molecule has 0 bridgehead atoms. The van der Waals surface area contributed by atoms with Crippen LogP contribution < -0.4 is 5.73 Å². The first-order valence-electron chi connectivity index (χ1n) is 3.43. The van der Waals surface area contributed by atoms with E-state index < -0.39 is 0 Å². The predicted molar refractivity (Wildman–Crippen MR) is 55.8 cm³/mol. The Labute approximate surface area is 80.3 Å². The van der Waals surface area contributed by atoms with Crippen LogP contribution in [0.25, 0.3) is 0 Å². The van der Waals surface area contributed by atoms with Gasteiger partial charge in [-0.3, -0.25) is 0 Å². The molecule has 1 rings (SSSR count). The first-order chi connectivity index (χ1) is 5.15. The van der Waals surface area contributed by atoms with Crippen LogP contribution in [0.5, 0.6) is 0 Å². The molecule has 0 aromatic carbocycles. The molecule has 0 amide bonds. The molecule has 3 heteroatoms. The molecule has 2 nitrogen and oxygen atoms in total. The molecule has 1 heterocycles. The van der Waals surface area contributed by atoms with Crippen LogP contribution in [0.15, 0.2) is 6.07 Å². The Bertz CT molecular complexity index is 248. The van der Waals surface area contributed by atoms with Gasteiger partial charge < -0.3 is 5.73 Å². The van der Waals surface area contributed by atoms with E-state index in [0.717, 1.165) is 15.7 Å². The van der Waals surface area contributed by atoms with Crippen molar-refractivity contribution in [1.82, 2.24) is 4.98 Å². The topological polar surface area (TPSA) is 38.9 Å². The van der Waals surface area contributed by atoms with Crippen molar-refractivity contribution in [2.24, 2.45) is 0 Å². The second-order valence-electron chi connectivity index (χ2n) is 2.58. The number of aryl methyl sites for hydroxylation is 2. The van der Waals surface area contributed by atoms with Crippen LogP contribution in [-0.4, -0.2) is 4.98 Å². The largest absolute Gasteiger partial charge is 0.383 e. The Morgan fingerprint density at radius 3 is 2.64 bits per heavy atom. The number of alkyl halides is 1. The fourth-order valence-electron chi connectivity index (χ4n) is 1.07. The monoisotopic (exact) mass is 262 g/mol. The van der Waals surface area contributed by atoms with Gasteiger partial charge in [-0.25, -0.2) is 4.98 Å². The summed E-state index contributed by atoms with van der Waals surface area (Å²) in [6.07, 6.45) is 0. The lowest BCUT2D eigenvalue weighted by Gasteiger charge is -2.05. The van der Waals surface area contributed by atoms with Crippen LogP contribution in [0.1, 0.15) is 16.8 Å². The number of pyridine rings is 1. The lowest BCUT2D eigenvalue weighted by Crippen LogP contribution is -1.99. The second-order valence-corrected chi connectivity index (χ2v) is 3.34. The minimum atomic E-state index is 0.678. The van der Waals surface area contributed by atoms with Gasteiger partial charge in [-0.15, -0.1) is 0 Å². The van der Waals surface area contributed by atoms with Crippen molar-refractivity contribution < 1.29 is 0 Å². The van der Waals surface area contributed by atoms with Gasteiger partial charge in [0.25, 0.3) is 0 Å². The Hall–Kier alpha value is -0.320. The lowest BCUT2D eigenvalue weighted by atomic mass is 10.1. The lowest BCUT2D eigenvalue weighted by molar-refractivity contribution is 1.15. The second kappa shape index (κ2) is 3.38. The van der Waals surface area contributed by atoms with E-state index in [2.05, 4.69) is 40.6 Å². The zero-order valence-corrected chi connectivity index (χ0v) is 8.84. The van der Waals surface area contributed by atoms with Crippen LogP contribution >= 0.6 is 22.6 Å². The van der Waals surface area contributed by atoms with Gasteiger partial charge >= 0.3 is 0 Å². The molecule has 0 atom stereocenters. The normalized spacial score (nSPS) is 10.1. The third kappa shape index (κ3) is 1.83. The molecule has 0 saturated heterocycles. The standard InChI is InChI=1S/C8H11IN2/c1-5-3-6(2)11-8(10)7(5)4-9/h3H,4H2,1-2H3,(H2,10,11). The summed E-state index contributed by atoms with van der Waals surface area (Å²) in [5.74, 6) is 0.678. The molecule has 0 unspecified atom stereocenters. The van der Waals surface area contributed by atoms with Crippen molar-refractivity contribution in [3.05, 3.63) is 22.9 Å². The summed E-state index contributed by atoms with van der Waals surface area (Å²) in [5.41, 5.74) is 9.11. The fourth-order valence-corrected chi connectivity index (χ4v) is 2.06. The summed E-state index contributed by atoms with van der Waals surface area (Å²) in [6.45, 7) is 4.03. The number of nitrogens with zero attached hydrogens (tertiary/aromatic N) is 1. The van der Waals surface area contributed by atoms with Crippen molar-refractivity contribution in [2.75, 3.05) is 5.73 Å². The smallest absolute Gasteiger partial charge is 0.127 e. The summed E-state index contributed by atoms with van der Waals surface area (Å²) < 4.78 is 0.933. The number of hydrogen-bond donors (Lipinski definition) is 1.